The van der Waals surface area contributed by atoms with Crippen molar-refractivity contribution >= 4 is 28.7 Å². The van der Waals surface area contributed by atoms with E-state index in [0.29, 0.717) is 43.1 Å². The molecule has 0 aliphatic carbocycles. The quantitative estimate of drug-likeness (QED) is 0.153. The molecule has 1 saturated heterocycles. The topological polar surface area (TPSA) is 139 Å². The molecule has 2 heterocycles. The van der Waals surface area contributed by atoms with Crippen molar-refractivity contribution in [2.45, 2.75) is 37.0 Å². The van der Waals surface area contributed by atoms with Gasteiger partial charge in [0.1, 0.15) is 30.0 Å². The fourth-order valence-electron chi connectivity index (χ4n) is 5.95. The number of carbonyl (C=O) groups excluding carboxylic acids is 2. The maximum absolute atomic E-state index is 14.1. The minimum absolute atomic E-state index is 0.0433. The van der Waals surface area contributed by atoms with Gasteiger partial charge in [0.2, 0.25) is 5.91 Å². The molecule has 4 N–H and O–H groups in total. The number of hydrogen-bond donors (Lipinski definition) is 4. The molecule has 0 spiro atoms. The minimum atomic E-state index is -0.949. The van der Waals surface area contributed by atoms with Gasteiger partial charge in [0, 0.05) is 24.7 Å². The average Bonchev–Trinajstić information content (AvgIpc) is 3.61. The first-order valence-corrected chi connectivity index (χ1v) is 15.7. The molecule has 1 aliphatic rings. The van der Waals surface area contributed by atoms with Crippen LogP contribution in [-0.2, 0) is 20.7 Å². The van der Waals surface area contributed by atoms with Gasteiger partial charge in [0.05, 0.1) is 13.2 Å². The standard InChI is InChI=1S/C36H38N6O5/c1-45-36(44)39-34(32(25-12-4-2-5-13-25)26-14-6-3-7-15-26)35(43)38-29-16-9-8-11-24(29)19-20-27-21-37-22-28(47-27)23-46-31-18-10-17-30-33(31)41-42-40-30/h2-18,27-28,32,34,37H,19-23H2,1H3,(H,38,43)(H,39,44)(H,40,41,42). The summed E-state index contributed by atoms with van der Waals surface area (Å²) >= 11 is 0. The van der Waals surface area contributed by atoms with E-state index >= 15 is 0 Å². The highest BCUT2D eigenvalue weighted by molar-refractivity contribution is 5.98. The van der Waals surface area contributed by atoms with Gasteiger partial charge in [-0.3, -0.25) is 4.79 Å². The van der Waals surface area contributed by atoms with Gasteiger partial charge in [0.25, 0.3) is 0 Å². The number of amides is 2. The molecule has 0 saturated carbocycles. The van der Waals surface area contributed by atoms with Crippen LogP contribution in [0.4, 0.5) is 10.5 Å². The van der Waals surface area contributed by atoms with E-state index in [4.69, 9.17) is 14.2 Å². The zero-order valence-corrected chi connectivity index (χ0v) is 26.1. The Morgan fingerprint density at radius 2 is 1.57 bits per heavy atom. The summed E-state index contributed by atoms with van der Waals surface area (Å²) in [7, 11) is 1.29. The van der Waals surface area contributed by atoms with Crippen molar-refractivity contribution in [2.24, 2.45) is 0 Å². The smallest absolute Gasteiger partial charge is 0.407 e. The number of nitrogens with one attached hydrogen (secondary N) is 4. The summed E-state index contributed by atoms with van der Waals surface area (Å²) in [6.07, 6.45) is 0.538. The van der Waals surface area contributed by atoms with Crippen LogP contribution in [0.1, 0.15) is 29.0 Å². The van der Waals surface area contributed by atoms with Crippen LogP contribution in [0.2, 0.25) is 0 Å². The largest absolute Gasteiger partial charge is 0.488 e. The lowest BCUT2D eigenvalue weighted by atomic mass is 9.84. The van der Waals surface area contributed by atoms with Crippen molar-refractivity contribution in [2.75, 3.05) is 32.1 Å². The number of fused-ring (bicyclic) bond motifs is 1. The predicted molar refractivity (Wildman–Crippen MR) is 178 cm³/mol. The summed E-state index contributed by atoms with van der Waals surface area (Å²) in [4.78, 5) is 26.6. The lowest BCUT2D eigenvalue weighted by molar-refractivity contribution is -0.118. The van der Waals surface area contributed by atoms with Gasteiger partial charge in [0.15, 0.2) is 5.52 Å². The molecule has 11 nitrogen and oxygen atoms in total. The third kappa shape index (κ3) is 7.94. The number of para-hydroxylation sites is 2. The maximum Gasteiger partial charge on any atom is 0.407 e. The highest BCUT2D eigenvalue weighted by atomic mass is 16.5. The minimum Gasteiger partial charge on any atom is -0.488 e. The van der Waals surface area contributed by atoms with Crippen molar-refractivity contribution in [1.82, 2.24) is 26.0 Å². The van der Waals surface area contributed by atoms with E-state index in [1.54, 1.807) is 0 Å². The van der Waals surface area contributed by atoms with Gasteiger partial charge in [-0.2, -0.15) is 15.4 Å². The van der Waals surface area contributed by atoms with Crippen LogP contribution < -0.4 is 20.7 Å². The molecule has 47 heavy (non-hydrogen) atoms. The number of morpholine rings is 1. The van der Waals surface area contributed by atoms with Crippen molar-refractivity contribution in [1.29, 1.82) is 0 Å². The Morgan fingerprint density at radius 1 is 0.872 bits per heavy atom. The number of nitrogens with zero attached hydrogens (tertiary/aromatic N) is 2. The molecule has 5 aromatic rings. The Labute approximate surface area is 273 Å². The second kappa shape index (κ2) is 15.4. The van der Waals surface area contributed by atoms with Crippen LogP contribution in [0, 0.1) is 0 Å². The van der Waals surface area contributed by atoms with Crippen LogP contribution in [0.3, 0.4) is 0 Å². The van der Waals surface area contributed by atoms with Crippen molar-refractivity contribution < 1.29 is 23.8 Å². The van der Waals surface area contributed by atoms with Gasteiger partial charge in [-0.1, -0.05) is 84.9 Å². The third-order valence-electron chi connectivity index (χ3n) is 8.27. The number of ether oxygens (including phenoxy) is 3. The first-order chi connectivity index (χ1) is 23.1. The van der Waals surface area contributed by atoms with E-state index in [0.717, 1.165) is 28.6 Å². The van der Waals surface area contributed by atoms with Crippen molar-refractivity contribution in [3.8, 4) is 5.75 Å². The molecule has 2 amide bonds. The Hall–Kier alpha value is -5.26. The number of hydrogen-bond acceptors (Lipinski definition) is 8. The van der Waals surface area contributed by atoms with E-state index in [9.17, 15) is 9.59 Å². The molecule has 1 fully saturated rings. The molecular weight excluding hydrogens is 596 g/mol. The highest BCUT2D eigenvalue weighted by Gasteiger charge is 2.33. The van der Waals surface area contributed by atoms with E-state index in [-0.39, 0.29) is 18.1 Å². The number of aromatic nitrogens is 3. The number of rotatable bonds is 12. The van der Waals surface area contributed by atoms with Crippen molar-refractivity contribution in [3.05, 3.63) is 120 Å². The van der Waals surface area contributed by atoms with Gasteiger partial charge < -0.3 is 30.2 Å². The molecule has 4 aromatic carbocycles. The van der Waals surface area contributed by atoms with E-state index in [2.05, 4.69) is 31.4 Å². The number of anilines is 1. The first-order valence-electron chi connectivity index (χ1n) is 15.7. The van der Waals surface area contributed by atoms with E-state index < -0.39 is 18.1 Å². The summed E-state index contributed by atoms with van der Waals surface area (Å²) < 4.78 is 17.4. The lowest BCUT2D eigenvalue weighted by Crippen LogP contribution is -2.48. The monoisotopic (exact) mass is 634 g/mol. The van der Waals surface area contributed by atoms with Crippen LogP contribution in [0.25, 0.3) is 11.0 Å². The second-order valence-electron chi connectivity index (χ2n) is 11.4. The van der Waals surface area contributed by atoms with Crippen LogP contribution in [0.5, 0.6) is 5.75 Å². The molecule has 0 radical (unpaired) electrons. The average molecular weight is 635 g/mol. The molecule has 3 unspecified atom stereocenters. The maximum atomic E-state index is 14.1. The summed E-state index contributed by atoms with van der Waals surface area (Å²) in [5, 5.41) is 20.3. The second-order valence-corrected chi connectivity index (χ2v) is 11.4. The SMILES string of the molecule is COC(=O)NC(C(=O)Nc1ccccc1CCC1CNCC(COc2cccc3n[nH]nc23)O1)C(c1ccccc1)c1ccccc1. The molecule has 1 aromatic heterocycles. The Bertz CT molecular complexity index is 1730. The number of benzene rings is 4. The summed E-state index contributed by atoms with van der Waals surface area (Å²) in [6, 6.07) is 31.7. The Morgan fingerprint density at radius 3 is 2.32 bits per heavy atom. The zero-order valence-electron chi connectivity index (χ0n) is 26.1. The molecule has 0 bridgehead atoms. The number of methoxy groups -OCH3 is 1. The number of alkyl carbamates (subject to hydrolysis) is 1. The molecular formula is C36H38N6O5. The Balaban J connectivity index is 1.13. The number of carbonyl (C=O) groups is 2. The van der Waals surface area contributed by atoms with Crippen LogP contribution in [-0.4, -0.2) is 72.5 Å². The van der Waals surface area contributed by atoms with E-state index in [1.807, 2.05) is 103 Å². The number of aryl methyl sites for hydroxylation is 1. The summed E-state index contributed by atoms with van der Waals surface area (Å²) in [5.74, 6) is -0.148. The highest BCUT2D eigenvalue weighted by Crippen LogP contribution is 2.30. The summed E-state index contributed by atoms with van der Waals surface area (Å²) in [6.45, 7) is 1.77. The normalized spacial score (nSPS) is 16.8. The Kier molecular flexibility index (Phi) is 10.4. The molecule has 3 atom stereocenters. The third-order valence-corrected chi connectivity index (χ3v) is 8.27. The molecule has 6 rings (SSSR count). The van der Waals surface area contributed by atoms with Crippen molar-refractivity contribution in [3.63, 3.8) is 0 Å². The van der Waals surface area contributed by atoms with Gasteiger partial charge in [-0.25, -0.2) is 4.79 Å². The molecule has 11 heteroatoms. The zero-order chi connectivity index (χ0) is 32.4. The van der Waals surface area contributed by atoms with E-state index in [1.165, 1.54) is 7.11 Å². The fourth-order valence-corrected chi connectivity index (χ4v) is 5.95. The van der Waals surface area contributed by atoms with Crippen LogP contribution >= 0.6 is 0 Å². The fraction of sp³-hybridized carbons (Fsp3) is 0.278. The molecule has 242 valence electrons. The molecule has 1 aliphatic heterocycles. The van der Waals surface area contributed by atoms with Crippen LogP contribution in [0.15, 0.2) is 103 Å². The van der Waals surface area contributed by atoms with Gasteiger partial charge in [-0.05, 0) is 47.7 Å². The number of aromatic amines is 1. The summed E-state index contributed by atoms with van der Waals surface area (Å²) in [5.41, 5.74) is 4.86. The van der Waals surface area contributed by atoms with Gasteiger partial charge >= 0.3 is 6.09 Å². The predicted octanol–water partition coefficient (Wildman–Crippen LogP) is 4.82. The first kappa shape index (κ1) is 31.7. The number of H-pyrrole nitrogens is 1. The lowest BCUT2D eigenvalue weighted by Gasteiger charge is -2.31. The van der Waals surface area contributed by atoms with Gasteiger partial charge in [-0.15, -0.1) is 0 Å².